The highest BCUT2D eigenvalue weighted by Gasteiger charge is 2.29. The Labute approximate surface area is 121 Å². The summed E-state index contributed by atoms with van der Waals surface area (Å²) in [5, 5.41) is 8.81. The molecule has 1 aliphatic heterocycles. The van der Waals surface area contributed by atoms with Gasteiger partial charge in [-0.1, -0.05) is 38.3 Å². The topological polar surface area (TPSA) is 42.2 Å². The zero-order chi connectivity index (χ0) is 14.4. The third-order valence-corrected chi connectivity index (χ3v) is 3.95. The monoisotopic (exact) mass is 273 g/mol. The molecular weight excluding hydrogens is 250 g/mol. The molecule has 1 aromatic carbocycles. The molecular formula is C17H23NO2. The van der Waals surface area contributed by atoms with Crippen LogP contribution in [0.15, 0.2) is 24.3 Å². The van der Waals surface area contributed by atoms with Gasteiger partial charge in [-0.2, -0.15) is 5.26 Å². The van der Waals surface area contributed by atoms with Crippen molar-refractivity contribution >= 4 is 0 Å². The largest absolute Gasteiger partial charge is 0.348 e. The summed E-state index contributed by atoms with van der Waals surface area (Å²) in [6.07, 6.45) is 4.88. The van der Waals surface area contributed by atoms with Crippen LogP contribution in [0.25, 0.3) is 0 Å². The molecule has 1 aliphatic rings. The van der Waals surface area contributed by atoms with E-state index in [1.807, 2.05) is 12.1 Å². The van der Waals surface area contributed by atoms with Gasteiger partial charge in [0.05, 0.1) is 24.3 Å². The first kappa shape index (κ1) is 15.0. The van der Waals surface area contributed by atoms with Gasteiger partial charge in [-0.3, -0.25) is 0 Å². The molecule has 0 radical (unpaired) electrons. The summed E-state index contributed by atoms with van der Waals surface area (Å²) in [5.41, 5.74) is 1.65. The van der Waals surface area contributed by atoms with Crippen molar-refractivity contribution < 1.29 is 9.47 Å². The first-order chi connectivity index (χ1) is 9.74. The molecule has 0 N–H and O–H groups in total. The van der Waals surface area contributed by atoms with E-state index in [1.54, 1.807) is 12.1 Å². The third kappa shape index (κ3) is 3.82. The molecule has 2 rings (SSSR count). The Morgan fingerprint density at radius 2 is 2.00 bits per heavy atom. The molecule has 0 saturated carbocycles. The van der Waals surface area contributed by atoms with E-state index in [4.69, 9.17) is 14.7 Å². The number of rotatable bonds is 5. The van der Waals surface area contributed by atoms with Gasteiger partial charge in [0.2, 0.25) is 0 Å². The van der Waals surface area contributed by atoms with Gasteiger partial charge in [0.15, 0.2) is 6.29 Å². The van der Waals surface area contributed by atoms with Crippen molar-refractivity contribution in [1.82, 2.24) is 0 Å². The predicted octanol–water partition coefficient (Wildman–Crippen LogP) is 4.19. The van der Waals surface area contributed by atoms with Gasteiger partial charge in [-0.05, 0) is 25.5 Å². The molecule has 0 bridgehead atoms. The smallest absolute Gasteiger partial charge is 0.184 e. The standard InChI is InChI=1S/C17H23NO2/c1-3-4-5-6-16-12-19-17(20-13(16)2)15-9-7-14(11-18)8-10-15/h7-10,13,16-17H,3-6,12H2,1-2H3. The number of ether oxygens (including phenoxy) is 2. The van der Waals surface area contributed by atoms with Crippen LogP contribution in [-0.4, -0.2) is 12.7 Å². The molecule has 0 aliphatic carbocycles. The molecule has 3 unspecified atom stereocenters. The zero-order valence-electron chi connectivity index (χ0n) is 12.3. The van der Waals surface area contributed by atoms with Crippen molar-refractivity contribution in [3.8, 4) is 6.07 Å². The van der Waals surface area contributed by atoms with E-state index in [0.29, 0.717) is 11.5 Å². The number of benzene rings is 1. The lowest BCUT2D eigenvalue weighted by Crippen LogP contribution is -2.34. The van der Waals surface area contributed by atoms with Crippen LogP contribution in [0.5, 0.6) is 0 Å². The van der Waals surface area contributed by atoms with Gasteiger partial charge in [0.25, 0.3) is 0 Å². The van der Waals surface area contributed by atoms with E-state index in [1.165, 1.54) is 25.7 Å². The average Bonchev–Trinajstić information content (AvgIpc) is 2.49. The molecule has 0 spiro atoms. The fourth-order valence-electron chi connectivity index (χ4n) is 2.56. The summed E-state index contributed by atoms with van der Waals surface area (Å²) in [7, 11) is 0. The number of unbranched alkanes of at least 4 members (excludes halogenated alkanes) is 2. The molecule has 1 aromatic rings. The quantitative estimate of drug-likeness (QED) is 0.755. The van der Waals surface area contributed by atoms with E-state index < -0.39 is 0 Å². The Bertz CT molecular complexity index is 449. The van der Waals surface area contributed by atoms with Gasteiger partial charge < -0.3 is 9.47 Å². The highest BCUT2D eigenvalue weighted by atomic mass is 16.7. The Kier molecular flexibility index (Phi) is 5.58. The van der Waals surface area contributed by atoms with Crippen molar-refractivity contribution in [2.75, 3.05) is 6.61 Å². The maximum Gasteiger partial charge on any atom is 0.184 e. The maximum atomic E-state index is 8.81. The second-order valence-corrected chi connectivity index (χ2v) is 5.50. The summed E-state index contributed by atoms with van der Waals surface area (Å²) in [6.45, 7) is 5.11. The predicted molar refractivity (Wildman–Crippen MR) is 78.0 cm³/mol. The van der Waals surface area contributed by atoms with Crippen LogP contribution in [0, 0.1) is 17.2 Å². The molecule has 3 heteroatoms. The summed E-state index contributed by atoms with van der Waals surface area (Å²) in [5.74, 6) is 0.496. The molecule has 0 aromatic heterocycles. The molecule has 3 atom stereocenters. The number of nitriles is 1. The van der Waals surface area contributed by atoms with Gasteiger partial charge >= 0.3 is 0 Å². The van der Waals surface area contributed by atoms with Crippen molar-refractivity contribution in [2.45, 2.75) is 51.9 Å². The second-order valence-electron chi connectivity index (χ2n) is 5.50. The molecule has 108 valence electrons. The molecule has 20 heavy (non-hydrogen) atoms. The molecule has 1 saturated heterocycles. The Morgan fingerprint density at radius 3 is 2.60 bits per heavy atom. The van der Waals surface area contributed by atoms with E-state index in [2.05, 4.69) is 19.9 Å². The van der Waals surface area contributed by atoms with E-state index in [-0.39, 0.29) is 12.4 Å². The van der Waals surface area contributed by atoms with Gasteiger partial charge in [-0.15, -0.1) is 0 Å². The minimum atomic E-state index is -0.292. The van der Waals surface area contributed by atoms with Crippen LogP contribution in [0.1, 0.15) is 56.9 Å². The van der Waals surface area contributed by atoms with Crippen LogP contribution in [-0.2, 0) is 9.47 Å². The van der Waals surface area contributed by atoms with Crippen LogP contribution in [0.2, 0.25) is 0 Å². The average molecular weight is 273 g/mol. The maximum absolute atomic E-state index is 8.81. The number of nitrogens with zero attached hydrogens (tertiary/aromatic N) is 1. The van der Waals surface area contributed by atoms with Gasteiger partial charge in [-0.25, -0.2) is 0 Å². The summed E-state index contributed by atoms with van der Waals surface area (Å²) < 4.78 is 11.8. The van der Waals surface area contributed by atoms with Crippen molar-refractivity contribution in [3.63, 3.8) is 0 Å². The summed E-state index contributed by atoms with van der Waals surface area (Å²) in [6, 6.07) is 9.55. The Morgan fingerprint density at radius 1 is 1.25 bits per heavy atom. The lowest BCUT2D eigenvalue weighted by molar-refractivity contribution is -0.237. The normalized spacial score (nSPS) is 26.1. The second kappa shape index (κ2) is 7.42. The molecule has 1 heterocycles. The number of hydrogen-bond acceptors (Lipinski definition) is 3. The van der Waals surface area contributed by atoms with Crippen molar-refractivity contribution in [1.29, 1.82) is 5.26 Å². The van der Waals surface area contributed by atoms with Crippen molar-refractivity contribution in [3.05, 3.63) is 35.4 Å². The van der Waals surface area contributed by atoms with E-state index in [9.17, 15) is 0 Å². The Hall–Kier alpha value is -1.37. The zero-order valence-corrected chi connectivity index (χ0v) is 12.3. The van der Waals surface area contributed by atoms with Crippen LogP contribution >= 0.6 is 0 Å². The van der Waals surface area contributed by atoms with Crippen LogP contribution in [0.3, 0.4) is 0 Å². The Balaban J connectivity index is 1.89. The first-order valence-electron chi connectivity index (χ1n) is 7.51. The van der Waals surface area contributed by atoms with E-state index >= 15 is 0 Å². The SMILES string of the molecule is CCCCCC1COC(c2ccc(C#N)cc2)OC1C. The molecule has 3 nitrogen and oxygen atoms in total. The van der Waals surface area contributed by atoms with Gasteiger partial charge in [0.1, 0.15) is 0 Å². The highest BCUT2D eigenvalue weighted by Crippen LogP contribution is 2.31. The van der Waals surface area contributed by atoms with Crippen molar-refractivity contribution in [2.24, 2.45) is 5.92 Å². The lowest BCUT2D eigenvalue weighted by Gasteiger charge is -2.35. The minimum absolute atomic E-state index is 0.223. The fourth-order valence-corrected chi connectivity index (χ4v) is 2.56. The number of hydrogen-bond donors (Lipinski definition) is 0. The summed E-state index contributed by atoms with van der Waals surface area (Å²) >= 11 is 0. The minimum Gasteiger partial charge on any atom is -0.348 e. The third-order valence-electron chi connectivity index (χ3n) is 3.95. The van der Waals surface area contributed by atoms with Gasteiger partial charge in [0, 0.05) is 11.5 Å². The first-order valence-corrected chi connectivity index (χ1v) is 7.51. The lowest BCUT2D eigenvalue weighted by atomic mass is 9.96. The fraction of sp³-hybridized carbons (Fsp3) is 0.588. The highest BCUT2D eigenvalue weighted by molar-refractivity contribution is 5.32. The molecule has 0 amide bonds. The molecule has 1 fully saturated rings. The summed E-state index contributed by atoms with van der Waals surface area (Å²) in [4.78, 5) is 0. The van der Waals surface area contributed by atoms with E-state index in [0.717, 1.165) is 12.2 Å². The van der Waals surface area contributed by atoms with Crippen LogP contribution < -0.4 is 0 Å². The van der Waals surface area contributed by atoms with Crippen LogP contribution in [0.4, 0.5) is 0 Å².